The van der Waals surface area contributed by atoms with E-state index < -0.39 is 0 Å². The number of nitrogens with one attached hydrogen (secondary N) is 1. The number of benzene rings is 1. The molecule has 1 N–H and O–H groups in total. The molecule has 19 heavy (non-hydrogen) atoms. The zero-order valence-electron chi connectivity index (χ0n) is 12.2. The van der Waals surface area contributed by atoms with Crippen molar-refractivity contribution >= 4 is 11.6 Å². The molecule has 0 aliphatic heterocycles. The van der Waals surface area contributed by atoms with Crippen molar-refractivity contribution in [1.82, 2.24) is 5.32 Å². The molecule has 0 aromatic heterocycles. The summed E-state index contributed by atoms with van der Waals surface area (Å²) in [6.45, 7) is 5.70. The highest BCUT2D eigenvalue weighted by Gasteiger charge is 2.23. The number of rotatable bonds is 8. The molecule has 0 saturated heterocycles. The van der Waals surface area contributed by atoms with Gasteiger partial charge < -0.3 is 5.32 Å². The normalized spacial score (nSPS) is 16.8. The highest BCUT2D eigenvalue weighted by Crippen LogP contribution is 2.29. The Morgan fingerprint density at radius 2 is 2.00 bits per heavy atom. The lowest BCUT2D eigenvalue weighted by Crippen LogP contribution is -2.25. The first-order valence-corrected chi connectivity index (χ1v) is 8.09. The van der Waals surface area contributed by atoms with Gasteiger partial charge in [0.25, 0.3) is 0 Å². The Bertz CT molecular complexity index is 383. The first-order valence-electron chi connectivity index (χ1n) is 7.71. The zero-order valence-corrected chi connectivity index (χ0v) is 12.9. The molecule has 0 amide bonds. The maximum absolute atomic E-state index is 6.15. The Labute approximate surface area is 122 Å². The summed E-state index contributed by atoms with van der Waals surface area (Å²) in [5.74, 6) is 1.43. The van der Waals surface area contributed by atoms with Crippen LogP contribution in [-0.4, -0.2) is 12.6 Å². The molecule has 0 heterocycles. The lowest BCUT2D eigenvalue weighted by Gasteiger charge is -2.23. The molecular weight excluding hydrogens is 254 g/mol. The third-order valence-corrected chi connectivity index (χ3v) is 4.56. The molecular formula is C17H26ClN. The molecule has 2 heteroatoms. The van der Waals surface area contributed by atoms with E-state index in [1.807, 2.05) is 6.07 Å². The second-order valence-electron chi connectivity index (χ2n) is 5.85. The molecule has 1 nitrogen and oxygen atoms in total. The maximum Gasteiger partial charge on any atom is 0.0408 e. The van der Waals surface area contributed by atoms with E-state index in [4.69, 9.17) is 11.6 Å². The summed E-state index contributed by atoms with van der Waals surface area (Å²) in [5, 5.41) is 4.54. The van der Waals surface area contributed by atoms with Gasteiger partial charge in [-0.1, -0.05) is 50.4 Å². The molecule has 1 saturated carbocycles. The minimum atomic E-state index is 0.601. The van der Waals surface area contributed by atoms with Crippen LogP contribution in [0.15, 0.2) is 24.3 Å². The van der Waals surface area contributed by atoms with Gasteiger partial charge in [0.2, 0.25) is 0 Å². The number of hydrogen-bond donors (Lipinski definition) is 1. The third kappa shape index (κ3) is 4.81. The molecule has 0 spiro atoms. The van der Waals surface area contributed by atoms with Crippen molar-refractivity contribution < 1.29 is 0 Å². The number of halogens is 1. The van der Waals surface area contributed by atoms with Crippen LogP contribution in [0, 0.1) is 5.92 Å². The Kier molecular flexibility index (Phi) is 5.72. The zero-order chi connectivity index (χ0) is 13.7. The van der Waals surface area contributed by atoms with Crippen molar-refractivity contribution in [2.24, 2.45) is 5.92 Å². The molecule has 1 fully saturated rings. The minimum absolute atomic E-state index is 0.601. The van der Waals surface area contributed by atoms with Crippen molar-refractivity contribution in [3.8, 4) is 0 Å². The van der Waals surface area contributed by atoms with Crippen LogP contribution >= 0.6 is 11.6 Å². The fraction of sp³-hybridized carbons (Fsp3) is 0.647. The van der Waals surface area contributed by atoms with Crippen LogP contribution < -0.4 is 5.32 Å². The number of hydrogen-bond acceptors (Lipinski definition) is 1. The van der Waals surface area contributed by atoms with E-state index in [-0.39, 0.29) is 0 Å². The van der Waals surface area contributed by atoms with Gasteiger partial charge in [0.05, 0.1) is 0 Å². The summed E-state index contributed by atoms with van der Waals surface area (Å²) in [5.41, 5.74) is 1.40. The van der Waals surface area contributed by atoms with Crippen molar-refractivity contribution in [3.63, 3.8) is 0 Å². The molecule has 1 aliphatic carbocycles. The van der Waals surface area contributed by atoms with Crippen molar-refractivity contribution in [3.05, 3.63) is 34.9 Å². The third-order valence-electron chi connectivity index (χ3n) is 4.32. The van der Waals surface area contributed by atoms with Crippen LogP contribution in [0.1, 0.15) is 57.4 Å². The van der Waals surface area contributed by atoms with Gasteiger partial charge in [-0.05, 0) is 48.8 Å². The summed E-state index contributed by atoms with van der Waals surface area (Å²) in [4.78, 5) is 0. The highest BCUT2D eigenvalue weighted by molar-refractivity contribution is 6.30. The van der Waals surface area contributed by atoms with Gasteiger partial charge >= 0.3 is 0 Å². The molecule has 1 aromatic carbocycles. The summed E-state index contributed by atoms with van der Waals surface area (Å²) < 4.78 is 0. The Morgan fingerprint density at radius 3 is 2.58 bits per heavy atom. The van der Waals surface area contributed by atoms with Crippen molar-refractivity contribution in [2.75, 3.05) is 6.54 Å². The molecule has 1 atom stereocenters. The lowest BCUT2D eigenvalue weighted by molar-refractivity contribution is 0.397. The van der Waals surface area contributed by atoms with Crippen LogP contribution in [0.5, 0.6) is 0 Å². The second-order valence-corrected chi connectivity index (χ2v) is 6.29. The van der Waals surface area contributed by atoms with Gasteiger partial charge in [0, 0.05) is 17.6 Å². The molecule has 0 radical (unpaired) electrons. The van der Waals surface area contributed by atoms with Crippen molar-refractivity contribution in [1.29, 1.82) is 0 Å². The van der Waals surface area contributed by atoms with Gasteiger partial charge in [-0.25, -0.2) is 0 Å². The Morgan fingerprint density at radius 1 is 1.26 bits per heavy atom. The Balaban J connectivity index is 2.02. The molecule has 2 rings (SSSR count). The average molecular weight is 280 g/mol. The standard InChI is InChI=1S/C17H26ClN/c1-3-13(4-2)10-15(12-19-17-8-9-17)14-6-5-7-16(18)11-14/h5-7,11,13,15,17,19H,3-4,8-10,12H2,1-2H3. The van der Waals surface area contributed by atoms with Crippen molar-refractivity contribution in [2.45, 2.75) is 57.9 Å². The van der Waals surface area contributed by atoms with E-state index >= 15 is 0 Å². The van der Waals surface area contributed by atoms with E-state index in [0.29, 0.717) is 5.92 Å². The fourth-order valence-corrected chi connectivity index (χ4v) is 2.92. The van der Waals surface area contributed by atoms with Crippen LogP contribution in [0.25, 0.3) is 0 Å². The fourth-order valence-electron chi connectivity index (χ4n) is 2.72. The summed E-state index contributed by atoms with van der Waals surface area (Å²) in [7, 11) is 0. The van der Waals surface area contributed by atoms with Crippen LogP contribution in [-0.2, 0) is 0 Å². The van der Waals surface area contributed by atoms with Crippen LogP contribution in [0.4, 0.5) is 0 Å². The van der Waals surface area contributed by atoms with Gasteiger partial charge in [0.15, 0.2) is 0 Å². The largest absolute Gasteiger partial charge is 0.313 e. The first-order chi connectivity index (χ1) is 9.22. The predicted octanol–water partition coefficient (Wildman–Crippen LogP) is 5.00. The average Bonchev–Trinajstić information content (AvgIpc) is 3.23. The summed E-state index contributed by atoms with van der Waals surface area (Å²) in [6, 6.07) is 9.20. The van der Waals surface area contributed by atoms with E-state index in [0.717, 1.165) is 23.5 Å². The van der Waals surface area contributed by atoms with E-state index in [1.54, 1.807) is 0 Å². The maximum atomic E-state index is 6.15. The monoisotopic (exact) mass is 279 g/mol. The molecule has 1 aromatic rings. The SMILES string of the molecule is CCC(CC)CC(CNC1CC1)c1cccc(Cl)c1. The van der Waals surface area contributed by atoms with Gasteiger partial charge in [-0.2, -0.15) is 0 Å². The van der Waals surface area contributed by atoms with Gasteiger partial charge in [-0.3, -0.25) is 0 Å². The van der Waals surface area contributed by atoms with Crippen LogP contribution in [0.3, 0.4) is 0 Å². The molecule has 0 bridgehead atoms. The smallest absolute Gasteiger partial charge is 0.0408 e. The van der Waals surface area contributed by atoms with E-state index in [2.05, 4.69) is 37.4 Å². The highest BCUT2D eigenvalue weighted by atomic mass is 35.5. The second kappa shape index (κ2) is 7.31. The van der Waals surface area contributed by atoms with Crippen LogP contribution in [0.2, 0.25) is 5.02 Å². The predicted molar refractivity (Wildman–Crippen MR) is 83.9 cm³/mol. The van der Waals surface area contributed by atoms with Gasteiger partial charge in [0.1, 0.15) is 0 Å². The topological polar surface area (TPSA) is 12.0 Å². The molecule has 106 valence electrons. The summed E-state index contributed by atoms with van der Waals surface area (Å²) in [6.07, 6.45) is 6.53. The molecule has 1 unspecified atom stereocenters. The molecule has 1 aliphatic rings. The van der Waals surface area contributed by atoms with E-state index in [1.165, 1.54) is 37.7 Å². The quantitative estimate of drug-likeness (QED) is 0.706. The van der Waals surface area contributed by atoms with E-state index in [9.17, 15) is 0 Å². The first kappa shape index (κ1) is 14.9. The Hall–Kier alpha value is -0.530. The summed E-state index contributed by atoms with van der Waals surface area (Å²) >= 11 is 6.15. The lowest BCUT2D eigenvalue weighted by atomic mass is 9.86. The van der Waals surface area contributed by atoms with Gasteiger partial charge in [-0.15, -0.1) is 0 Å². The minimum Gasteiger partial charge on any atom is -0.313 e.